The van der Waals surface area contributed by atoms with E-state index in [-0.39, 0.29) is 5.54 Å². The molecule has 0 aliphatic rings. The fourth-order valence-electron chi connectivity index (χ4n) is 0.837. The van der Waals surface area contributed by atoms with Gasteiger partial charge in [-0.1, -0.05) is 32.6 Å². The summed E-state index contributed by atoms with van der Waals surface area (Å²) in [7, 11) is -0.863. The second-order valence-corrected chi connectivity index (χ2v) is 10.7. The van der Waals surface area contributed by atoms with Crippen LogP contribution >= 0.6 is 0 Å². The standard InChI is InChI=1S/C9H23NSi/c1-6-9(2,10)7-8-11(3,4)5/h6-8,10H2,1-5H3. The van der Waals surface area contributed by atoms with E-state index in [2.05, 4.69) is 33.5 Å². The van der Waals surface area contributed by atoms with E-state index in [0.717, 1.165) is 6.42 Å². The van der Waals surface area contributed by atoms with Crippen molar-refractivity contribution in [3.05, 3.63) is 0 Å². The van der Waals surface area contributed by atoms with Crippen LogP contribution in [0.25, 0.3) is 0 Å². The molecule has 0 saturated heterocycles. The zero-order valence-electron chi connectivity index (χ0n) is 8.70. The largest absolute Gasteiger partial charge is 0.325 e. The number of nitrogens with two attached hydrogens (primary N) is 1. The first kappa shape index (κ1) is 11.2. The highest BCUT2D eigenvalue weighted by atomic mass is 28.3. The molecule has 2 N–H and O–H groups in total. The van der Waals surface area contributed by atoms with Crippen LogP contribution in [0, 0.1) is 0 Å². The molecule has 0 heterocycles. The molecule has 0 radical (unpaired) electrons. The van der Waals surface area contributed by atoms with Gasteiger partial charge in [-0.15, -0.1) is 0 Å². The zero-order chi connectivity index (χ0) is 9.12. The van der Waals surface area contributed by atoms with Gasteiger partial charge in [0.2, 0.25) is 0 Å². The summed E-state index contributed by atoms with van der Waals surface area (Å²) in [6.45, 7) is 11.5. The molecule has 0 saturated carbocycles. The van der Waals surface area contributed by atoms with Crippen LogP contribution < -0.4 is 5.73 Å². The van der Waals surface area contributed by atoms with Crippen molar-refractivity contribution in [2.75, 3.05) is 0 Å². The van der Waals surface area contributed by atoms with E-state index in [1.54, 1.807) is 0 Å². The normalized spacial score (nSPS) is 18.0. The maximum absolute atomic E-state index is 6.05. The van der Waals surface area contributed by atoms with Crippen molar-refractivity contribution in [3.63, 3.8) is 0 Å². The molecule has 0 rings (SSSR count). The highest BCUT2D eigenvalue weighted by molar-refractivity contribution is 6.76. The van der Waals surface area contributed by atoms with Crippen LogP contribution in [0.4, 0.5) is 0 Å². The third-order valence-corrected chi connectivity index (χ3v) is 4.00. The first-order chi connectivity index (χ1) is 4.77. The Kier molecular flexibility index (Phi) is 3.78. The third-order valence-electron chi connectivity index (χ3n) is 2.25. The lowest BCUT2D eigenvalue weighted by Gasteiger charge is -2.26. The highest BCUT2D eigenvalue weighted by Gasteiger charge is 2.20. The molecule has 2 heteroatoms. The van der Waals surface area contributed by atoms with Crippen LogP contribution in [0.2, 0.25) is 25.7 Å². The van der Waals surface area contributed by atoms with E-state index in [9.17, 15) is 0 Å². The monoisotopic (exact) mass is 173 g/mol. The summed E-state index contributed by atoms with van der Waals surface area (Å²) < 4.78 is 0. The van der Waals surface area contributed by atoms with E-state index in [1.165, 1.54) is 12.5 Å². The maximum atomic E-state index is 6.05. The average molecular weight is 173 g/mol. The molecule has 0 aromatic rings. The van der Waals surface area contributed by atoms with Gasteiger partial charge in [-0.3, -0.25) is 0 Å². The summed E-state index contributed by atoms with van der Waals surface area (Å²) in [6.07, 6.45) is 2.29. The molecule has 0 bridgehead atoms. The second kappa shape index (κ2) is 3.72. The van der Waals surface area contributed by atoms with Crippen LogP contribution in [0.3, 0.4) is 0 Å². The number of hydrogen-bond acceptors (Lipinski definition) is 1. The van der Waals surface area contributed by atoms with Crippen molar-refractivity contribution in [2.45, 2.75) is 57.9 Å². The van der Waals surface area contributed by atoms with Crippen LogP contribution in [0.1, 0.15) is 26.7 Å². The summed E-state index contributed by atoms with van der Waals surface area (Å²) in [6, 6.07) is 1.36. The molecule has 11 heavy (non-hydrogen) atoms. The Morgan fingerprint density at radius 1 is 1.27 bits per heavy atom. The van der Waals surface area contributed by atoms with Crippen molar-refractivity contribution in [3.8, 4) is 0 Å². The smallest absolute Gasteiger partial charge is 0.0443 e. The molecule has 0 aliphatic heterocycles. The number of rotatable bonds is 4. The van der Waals surface area contributed by atoms with Gasteiger partial charge in [0, 0.05) is 13.6 Å². The minimum Gasteiger partial charge on any atom is -0.325 e. The van der Waals surface area contributed by atoms with Gasteiger partial charge >= 0.3 is 0 Å². The molecule has 0 amide bonds. The topological polar surface area (TPSA) is 26.0 Å². The summed E-state index contributed by atoms with van der Waals surface area (Å²) in [4.78, 5) is 0. The lowest BCUT2D eigenvalue weighted by molar-refractivity contribution is 0.435. The van der Waals surface area contributed by atoms with Crippen molar-refractivity contribution >= 4 is 8.07 Å². The molecular formula is C9H23NSi. The van der Waals surface area contributed by atoms with Gasteiger partial charge in [0.1, 0.15) is 0 Å². The van der Waals surface area contributed by atoms with Crippen LogP contribution in [-0.4, -0.2) is 13.6 Å². The van der Waals surface area contributed by atoms with Gasteiger partial charge in [0.25, 0.3) is 0 Å². The van der Waals surface area contributed by atoms with E-state index in [4.69, 9.17) is 5.73 Å². The Balaban J connectivity index is 3.70. The SMILES string of the molecule is CCC(C)(N)CC[Si](C)(C)C. The molecule has 1 nitrogen and oxygen atoms in total. The second-order valence-electron chi connectivity index (χ2n) is 5.07. The summed E-state index contributed by atoms with van der Waals surface area (Å²) in [5, 5.41) is 0. The minimum absolute atomic E-state index is 0.0836. The molecule has 0 fully saturated rings. The highest BCUT2D eigenvalue weighted by Crippen LogP contribution is 2.19. The molecule has 1 unspecified atom stereocenters. The molecule has 1 atom stereocenters. The van der Waals surface area contributed by atoms with E-state index in [1.807, 2.05) is 0 Å². The fourth-order valence-corrected chi connectivity index (χ4v) is 2.16. The molecule has 0 aromatic carbocycles. The maximum Gasteiger partial charge on any atom is 0.0443 e. The quantitative estimate of drug-likeness (QED) is 0.650. The van der Waals surface area contributed by atoms with Crippen molar-refractivity contribution in [1.29, 1.82) is 0 Å². The Hall–Kier alpha value is 0.177. The van der Waals surface area contributed by atoms with Crippen LogP contribution in [0.15, 0.2) is 0 Å². The lowest BCUT2D eigenvalue weighted by atomic mass is 9.97. The fraction of sp³-hybridized carbons (Fsp3) is 1.00. The van der Waals surface area contributed by atoms with Gasteiger partial charge in [-0.25, -0.2) is 0 Å². The van der Waals surface area contributed by atoms with Crippen molar-refractivity contribution < 1.29 is 0 Å². The Morgan fingerprint density at radius 2 is 1.73 bits per heavy atom. The summed E-state index contributed by atoms with van der Waals surface area (Å²) >= 11 is 0. The average Bonchev–Trinajstić information content (AvgIpc) is 1.83. The molecule has 0 spiro atoms. The van der Waals surface area contributed by atoms with Gasteiger partial charge in [-0.2, -0.15) is 0 Å². The van der Waals surface area contributed by atoms with Gasteiger partial charge < -0.3 is 5.73 Å². The van der Waals surface area contributed by atoms with Crippen LogP contribution in [-0.2, 0) is 0 Å². The Labute approximate surface area is 72.4 Å². The molecular weight excluding hydrogens is 150 g/mol. The first-order valence-electron chi connectivity index (χ1n) is 4.56. The van der Waals surface area contributed by atoms with Crippen molar-refractivity contribution in [2.24, 2.45) is 5.73 Å². The van der Waals surface area contributed by atoms with E-state index in [0.29, 0.717) is 0 Å². The van der Waals surface area contributed by atoms with Gasteiger partial charge in [0.05, 0.1) is 0 Å². The molecule has 0 aromatic heterocycles. The zero-order valence-corrected chi connectivity index (χ0v) is 9.70. The Morgan fingerprint density at radius 3 is 2.00 bits per heavy atom. The molecule has 0 aliphatic carbocycles. The van der Waals surface area contributed by atoms with Crippen LogP contribution in [0.5, 0.6) is 0 Å². The predicted molar refractivity (Wildman–Crippen MR) is 55.7 cm³/mol. The van der Waals surface area contributed by atoms with E-state index < -0.39 is 8.07 Å². The number of hydrogen-bond donors (Lipinski definition) is 1. The third kappa shape index (κ3) is 6.57. The summed E-state index contributed by atoms with van der Waals surface area (Å²) in [5.41, 5.74) is 6.13. The molecule has 68 valence electrons. The predicted octanol–water partition coefficient (Wildman–Crippen LogP) is 2.84. The minimum atomic E-state index is -0.863. The first-order valence-corrected chi connectivity index (χ1v) is 8.26. The van der Waals surface area contributed by atoms with Crippen molar-refractivity contribution in [1.82, 2.24) is 0 Å². The summed E-state index contributed by atoms with van der Waals surface area (Å²) in [5.74, 6) is 0. The van der Waals surface area contributed by atoms with Gasteiger partial charge in [0.15, 0.2) is 0 Å². The van der Waals surface area contributed by atoms with E-state index >= 15 is 0 Å². The van der Waals surface area contributed by atoms with Gasteiger partial charge in [-0.05, 0) is 19.8 Å². The Bertz CT molecular complexity index is 113. The lowest BCUT2D eigenvalue weighted by Crippen LogP contribution is -2.37.